The summed E-state index contributed by atoms with van der Waals surface area (Å²) in [6, 6.07) is 8.90. The Morgan fingerprint density at radius 2 is 2.04 bits per heavy atom. The molecular formula is C22H31N3O2. The fourth-order valence-corrected chi connectivity index (χ4v) is 5.25. The Balaban J connectivity index is 0.00000180. The maximum Gasteiger partial charge on any atom is 0.223 e. The van der Waals surface area contributed by atoms with Gasteiger partial charge in [-0.05, 0) is 44.9 Å². The van der Waals surface area contributed by atoms with Crippen LogP contribution in [0.5, 0.6) is 0 Å². The van der Waals surface area contributed by atoms with Gasteiger partial charge in [-0.25, -0.2) is 0 Å². The molecule has 146 valence electrons. The minimum absolute atomic E-state index is 0. The number of aryl methyl sites for hydroxylation is 1. The molecule has 4 heterocycles. The Morgan fingerprint density at radius 1 is 1.30 bits per heavy atom. The Bertz CT molecular complexity index is 837. The Hall–Kier alpha value is -1.85. The molecule has 1 spiro atoms. The summed E-state index contributed by atoms with van der Waals surface area (Å²) in [7, 11) is 2.17. The number of hydrogen-bond donors (Lipinski definition) is 1. The van der Waals surface area contributed by atoms with Gasteiger partial charge in [-0.15, -0.1) is 0 Å². The molecule has 0 radical (unpaired) electrons. The summed E-state index contributed by atoms with van der Waals surface area (Å²) in [5, 5.41) is 1.23. The average Bonchev–Trinajstić information content (AvgIpc) is 3.19. The number of amides is 1. The predicted molar refractivity (Wildman–Crippen MR) is 108 cm³/mol. The fourth-order valence-electron chi connectivity index (χ4n) is 5.25. The van der Waals surface area contributed by atoms with Crippen molar-refractivity contribution in [2.24, 2.45) is 0 Å². The van der Waals surface area contributed by atoms with Crippen LogP contribution in [0.15, 0.2) is 30.5 Å². The van der Waals surface area contributed by atoms with Crippen molar-refractivity contribution in [2.75, 3.05) is 20.1 Å². The molecule has 3 atom stereocenters. The second-order valence-corrected chi connectivity index (χ2v) is 8.29. The molecule has 0 bridgehead atoms. The highest BCUT2D eigenvalue weighted by atomic mass is 16.5. The molecule has 1 aromatic heterocycles. The number of carbonyl (C=O) groups excluding carboxylic acids is 1. The van der Waals surface area contributed by atoms with Crippen LogP contribution in [0.25, 0.3) is 10.9 Å². The van der Waals surface area contributed by atoms with E-state index in [1.165, 1.54) is 10.9 Å². The standard InChI is InChI=1S/C21H27N3O2.CH4/c1-14-19-20(21(26-14)9-11-23(2)12-10-21)24(19)18(25)8-7-15-13-22-17-6-4-3-5-16(15)17;/h3-6,13-14,19-20,22H,7-12H2,1-2H3;1H4. The lowest BCUT2D eigenvalue weighted by Crippen LogP contribution is -2.49. The van der Waals surface area contributed by atoms with E-state index in [1.807, 2.05) is 12.3 Å². The molecular weight excluding hydrogens is 338 g/mol. The number of carbonyl (C=O) groups is 1. The van der Waals surface area contributed by atoms with Crippen molar-refractivity contribution in [3.8, 4) is 0 Å². The van der Waals surface area contributed by atoms with E-state index in [4.69, 9.17) is 4.74 Å². The summed E-state index contributed by atoms with van der Waals surface area (Å²) in [6.45, 7) is 4.26. The van der Waals surface area contributed by atoms with Crippen LogP contribution in [0.2, 0.25) is 0 Å². The third-order valence-corrected chi connectivity index (χ3v) is 6.70. The summed E-state index contributed by atoms with van der Waals surface area (Å²) in [6.07, 6.45) is 5.68. The van der Waals surface area contributed by atoms with Crippen LogP contribution in [0.3, 0.4) is 0 Å². The highest BCUT2D eigenvalue weighted by Crippen LogP contribution is 2.53. The van der Waals surface area contributed by atoms with E-state index in [0.717, 1.165) is 37.9 Å². The quantitative estimate of drug-likeness (QED) is 0.846. The first-order valence-corrected chi connectivity index (χ1v) is 9.82. The lowest BCUT2D eigenvalue weighted by atomic mass is 9.88. The Kier molecular flexibility index (Phi) is 4.55. The summed E-state index contributed by atoms with van der Waals surface area (Å²) < 4.78 is 6.36. The van der Waals surface area contributed by atoms with Gasteiger partial charge in [0, 0.05) is 36.6 Å². The van der Waals surface area contributed by atoms with E-state index in [1.54, 1.807) is 0 Å². The number of morpholine rings is 1. The second kappa shape index (κ2) is 6.64. The number of H-pyrrole nitrogens is 1. The molecule has 2 aromatic rings. The molecule has 5 rings (SSSR count). The second-order valence-electron chi connectivity index (χ2n) is 8.29. The van der Waals surface area contributed by atoms with E-state index < -0.39 is 0 Å². The number of ether oxygens (including phenoxy) is 1. The van der Waals surface area contributed by atoms with Crippen molar-refractivity contribution < 1.29 is 9.53 Å². The van der Waals surface area contributed by atoms with Gasteiger partial charge in [0.05, 0.1) is 23.8 Å². The first-order valence-electron chi connectivity index (χ1n) is 9.82. The summed E-state index contributed by atoms with van der Waals surface area (Å²) in [4.78, 5) is 20.7. The van der Waals surface area contributed by atoms with Crippen molar-refractivity contribution in [2.45, 2.75) is 63.8 Å². The van der Waals surface area contributed by atoms with E-state index in [2.05, 4.69) is 47.0 Å². The third kappa shape index (κ3) is 2.88. The molecule has 3 unspecified atom stereocenters. The molecule has 0 aliphatic carbocycles. The minimum Gasteiger partial charge on any atom is -0.367 e. The number of hydrogen-bond acceptors (Lipinski definition) is 3. The number of para-hydroxylation sites is 1. The Morgan fingerprint density at radius 3 is 2.81 bits per heavy atom. The van der Waals surface area contributed by atoms with Gasteiger partial charge in [0.1, 0.15) is 0 Å². The van der Waals surface area contributed by atoms with Gasteiger partial charge in [0.25, 0.3) is 0 Å². The van der Waals surface area contributed by atoms with Crippen LogP contribution in [0.4, 0.5) is 0 Å². The van der Waals surface area contributed by atoms with Crippen LogP contribution in [-0.2, 0) is 16.0 Å². The van der Waals surface area contributed by atoms with Crippen molar-refractivity contribution in [1.29, 1.82) is 0 Å². The van der Waals surface area contributed by atoms with Crippen LogP contribution >= 0.6 is 0 Å². The van der Waals surface area contributed by atoms with Crippen molar-refractivity contribution in [1.82, 2.24) is 14.8 Å². The highest BCUT2D eigenvalue weighted by Gasteiger charge is 2.70. The van der Waals surface area contributed by atoms with Gasteiger partial charge in [0.15, 0.2) is 0 Å². The topological polar surface area (TPSA) is 48.3 Å². The van der Waals surface area contributed by atoms with Crippen molar-refractivity contribution in [3.63, 3.8) is 0 Å². The molecule has 5 nitrogen and oxygen atoms in total. The fraction of sp³-hybridized carbons (Fsp3) is 0.591. The third-order valence-electron chi connectivity index (χ3n) is 6.70. The molecule has 1 aromatic carbocycles. The van der Waals surface area contributed by atoms with Crippen LogP contribution in [0.1, 0.15) is 39.2 Å². The lowest BCUT2D eigenvalue weighted by Gasteiger charge is -2.40. The molecule has 27 heavy (non-hydrogen) atoms. The van der Waals surface area contributed by atoms with Gasteiger partial charge in [-0.1, -0.05) is 25.6 Å². The summed E-state index contributed by atoms with van der Waals surface area (Å²) in [5.41, 5.74) is 2.29. The molecule has 1 N–H and O–H groups in total. The van der Waals surface area contributed by atoms with Gasteiger partial charge >= 0.3 is 0 Å². The zero-order valence-electron chi connectivity index (χ0n) is 15.6. The van der Waals surface area contributed by atoms with E-state index in [9.17, 15) is 4.79 Å². The average molecular weight is 370 g/mol. The first-order chi connectivity index (χ1) is 12.6. The van der Waals surface area contributed by atoms with Crippen LogP contribution in [0, 0.1) is 0 Å². The van der Waals surface area contributed by atoms with Crippen molar-refractivity contribution >= 4 is 16.8 Å². The summed E-state index contributed by atoms with van der Waals surface area (Å²) >= 11 is 0. The molecule has 0 saturated carbocycles. The number of nitrogens with one attached hydrogen (secondary N) is 1. The van der Waals surface area contributed by atoms with Crippen molar-refractivity contribution in [3.05, 3.63) is 36.0 Å². The number of nitrogens with zero attached hydrogens (tertiary/aromatic N) is 2. The Labute approximate surface area is 161 Å². The highest BCUT2D eigenvalue weighted by molar-refractivity contribution is 5.85. The summed E-state index contributed by atoms with van der Waals surface area (Å²) in [5.74, 6) is 0.290. The number of likely N-dealkylation sites (tertiary alicyclic amines) is 1. The molecule has 3 aliphatic heterocycles. The maximum atomic E-state index is 12.9. The van der Waals surface area contributed by atoms with Crippen LogP contribution < -0.4 is 0 Å². The zero-order valence-corrected chi connectivity index (χ0v) is 15.6. The predicted octanol–water partition coefficient (Wildman–Crippen LogP) is 3.20. The number of piperidine rings is 1. The molecule has 5 heteroatoms. The molecule has 3 aliphatic rings. The molecule has 3 fully saturated rings. The maximum absolute atomic E-state index is 12.9. The monoisotopic (exact) mass is 369 g/mol. The van der Waals surface area contributed by atoms with E-state index in [-0.39, 0.29) is 19.1 Å². The van der Waals surface area contributed by atoms with Crippen LogP contribution in [-0.4, -0.2) is 64.6 Å². The molecule has 1 amide bonds. The number of aromatic amines is 1. The van der Waals surface area contributed by atoms with Gasteiger partial charge < -0.3 is 19.5 Å². The molecule has 3 saturated heterocycles. The lowest BCUT2D eigenvalue weighted by molar-refractivity contribution is -0.139. The van der Waals surface area contributed by atoms with E-state index >= 15 is 0 Å². The largest absolute Gasteiger partial charge is 0.367 e. The normalized spacial score (nSPS) is 29.0. The SMILES string of the molecule is C.CC1OC2(CCN(C)CC2)C2C1N2C(=O)CCc1c[nH]c2ccccc12. The van der Waals surface area contributed by atoms with E-state index in [0.29, 0.717) is 24.4 Å². The minimum atomic E-state index is -0.0902. The van der Waals surface area contributed by atoms with Gasteiger partial charge in [-0.2, -0.15) is 0 Å². The van der Waals surface area contributed by atoms with Gasteiger partial charge in [0.2, 0.25) is 5.91 Å². The number of aromatic nitrogens is 1. The smallest absolute Gasteiger partial charge is 0.223 e. The number of benzene rings is 1. The zero-order chi connectivity index (χ0) is 17.9. The number of rotatable bonds is 3. The van der Waals surface area contributed by atoms with Gasteiger partial charge in [-0.3, -0.25) is 4.79 Å². The number of fused-ring (bicyclic) bond motifs is 3. The first kappa shape index (κ1) is 18.5.